The number of benzene rings is 2. The van der Waals surface area contributed by atoms with Gasteiger partial charge in [-0.15, -0.1) is 0 Å². The normalized spacial score (nSPS) is 16.7. The van der Waals surface area contributed by atoms with Crippen molar-refractivity contribution in [3.8, 4) is 0 Å². The second-order valence-electron chi connectivity index (χ2n) is 8.95. The Labute approximate surface area is 195 Å². The van der Waals surface area contributed by atoms with E-state index in [1.165, 1.54) is 0 Å². The number of amides is 4. The predicted octanol–water partition coefficient (Wildman–Crippen LogP) is 3.22. The molecule has 2 saturated heterocycles. The molecule has 7 nitrogen and oxygen atoms in total. The predicted molar refractivity (Wildman–Crippen MR) is 127 cm³/mol. The molecular weight excluding hydrogens is 416 g/mol. The summed E-state index contributed by atoms with van der Waals surface area (Å²) in [5.74, 6) is 0.165. The fourth-order valence-corrected chi connectivity index (χ4v) is 4.54. The molecule has 0 spiro atoms. The van der Waals surface area contributed by atoms with Gasteiger partial charge in [0, 0.05) is 50.7 Å². The first-order chi connectivity index (χ1) is 16.0. The van der Waals surface area contributed by atoms with Crippen LogP contribution in [0, 0.1) is 6.92 Å². The molecule has 2 N–H and O–H groups in total. The van der Waals surface area contributed by atoms with Crippen LogP contribution < -0.4 is 10.6 Å². The molecule has 0 atom stereocenters. The van der Waals surface area contributed by atoms with Crippen molar-refractivity contribution in [1.29, 1.82) is 0 Å². The lowest BCUT2D eigenvalue weighted by Crippen LogP contribution is -2.49. The summed E-state index contributed by atoms with van der Waals surface area (Å²) in [4.78, 5) is 40.7. The Morgan fingerprint density at radius 3 is 2.48 bits per heavy atom. The van der Waals surface area contributed by atoms with Gasteiger partial charge in [-0.2, -0.15) is 0 Å². The molecule has 0 aliphatic carbocycles. The smallest absolute Gasteiger partial charge is 0.317 e. The number of rotatable bonds is 6. The highest BCUT2D eigenvalue weighted by atomic mass is 16.2. The van der Waals surface area contributed by atoms with E-state index in [2.05, 4.69) is 16.7 Å². The number of nitrogens with zero attached hydrogens (tertiary/aromatic N) is 2. The molecule has 174 valence electrons. The lowest BCUT2D eigenvalue weighted by Gasteiger charge is -2.32. The summed E-state index contributed by atoms with van der Waals surface area (Å²) in [7, 11) is 0. The molecule has 2 aliphatic rings. The Bertz CT molecular complexity index is 1010. The van der Waals surface area contributed by atoms with Crippen LogP contribution in [0.15, 0.2) is 48.5 Å². The fourth-order valence-electron chi connectivity index (χ4n) is 4.54. The number of likely N-dealkylation sites (tertiary alicyclic amines) is 2. The summed E-state index contributed by atoms with van der Waals surface area (Å²) < 4.78 is 0. The van der Waals surface area contributed by atoms with E-state index < -0.39 is 0 Å². The van der Waals surface area contributed by atoms with Gasteiger partial charge in [-0.05, 0) is 48.9 Å². The van der Waals surface area contributed by atoms with Crippen molar-refractivity contribution in [3.05, 3.63) is 70.8 Å². The third-order valence-corrected chi connectivity index (χ3v) is 6.49. The van der Waals surface area contributed by atoms with Crippen LogP contribution in [0.5, 0.6) is 0 Å². The van der Waals surface area contributed by atoms with Gasteiger partial charge in [0.15, 0.2) is 0 Å². The van der Waals surface area contributed by atoms with E-state index >= 15 is 0 Å². The maximum atomic E-state index is 12.6. The van der Waals surface area contributed by atoms with Crippen LogP contribution in [0.1, 0.15) is 52.7 Å². The molecule has 2 heterocycles. The molecule has 2 aromatic rings. The first-order valence-corrected chi connectivity index (χ1v) is 11.7. The van der Waals surface area contributed by atoms with Gasteiger partial charge in [0.25, 0.3) is 5.91 Å². The summed E-state index contributed by atoms with van der Waals surface area (Å²) >= 11 is 0. The Balaban J connectivity index is 1.22. The highest BCUT2D eigenvalue weighted by molar-refractivity contribution is 5.95. The van der Waals surface area contributed by atoms with Gasteiger partial charge in [0.05, 0.1) is 0 Å². The Hall–Kier alpha value is -3.35. The van der Waals surface area contributed by atoms with Gasteiger partial charge >= 0.3 is 6.03 Å². The summed E-state index contributed by atoms with van der Waals surface area (Å²) in [6.07, 6.45) is 3.05. The summed E-state index contributed by atoms with van der Waals surface area (Å²) in [5.41, 5.74) is 3.77. The van der Waals surface area contributed by atoms with Gasteiger partial charge in [-0.3, -0.25) is 9.59 Å². The Kier molecular flexibility index (Phi) is 7.27. The standard InChI is InChI=1S/C26H32N4O3/c1-19-6-2-3-9-23(19)25(32)28-22-11-14-29(15-12-22)26(33)27-17-20-7-4-8-21(16-20)18-30-13-5-10-24(30)31/h2-4,6-9,16,22H,5,10-15,17-18H2,1H3,(H,27,33)(H,28,32). The summed E-state index contributed by atoms with van der Waals surface area (Å²) in [5, 5.41) is 6.11. The molecule has 4 amide bonds. The van der Waals surface area contributed by atoms with Gasteiger partial charge in [-0.1, -0.05) is 42.5 Å². The largest absolute Gasteiger partial charge is 0.349 e. The molecule has 2 fully saturated rings. The lowest BCUT2D eigenvalue weighted by molar-refractivity contribution is -0.128. The minimum atomic E-state index is -0.0844. The lowest BCUT2D eigenvalue weighted by atomic mass is 10.0. The van der Waals surface area contributed by atoms with Crippen LogP contribution in [0.4, 0.5) is 4.79 Å². The minimum Gasteiger partial charge on any atom is -0.349 e. The van der Waals surface area contributed by atoms with Crippen LogP contribution in [0.2, 0.25) is 0 Å². The molecule has 0 radical (unpaired) electrons. The summed E-state index contributed by atoms with van der Waals surface area (Å²) in [6, 6.07) is 15.6. The van der Waals surface area contributed by atoms with Gasteiger partial charge in [0.2, 0.25) is 5.91 Å². The highest BCUT2D eigenvalue weighted by Crippen LogP contribution is 2.16. The number of carbonyl (C=O) groups excluding carboxylic acids is 3. The van der Waals surface area contributed by atoms with Crippen LogP contribution >= 0.6 is 0 Å². The maximum Gasteiger partial charge on any atom is 0.317 e. The Morgan fingerprint density at radius 1 is 1.00 bits per heavy atom. The molecule has 0 unspecified atom stereocenters. The minimum absolute atomic E-state index is 0.0495. The topological polar surface area (TPSA) is 81.8 Å². The second kappa shape index (κ2) is 10.5. The molecule has 7 heteroatoms. The molecule has 0 bridgehead atoms. The van der Waals surface area contributed by atoms with Gasteiger partial charge < -0.3 is 20.4 Å². The third-order valence-electron chi connectivity index (χ3n) is 6.49. The van der Waals surface area contributed by atoms with Crippen molar-refractivity contribution in [2.24, 2.45) is 0 Å². The number of hydrogen-bond donors (Lipinski definition) is 2. The van der Waals surface area contributed by atoms with Crippen molar-refractivity contribution >= 4 is 17.8 Å². The number of hydrogen-bond acceptors (Lipinski definition) is 3. The molecule has 2 aromatic carbocycles. The van der Waals surface area contributed by atoms with E-state index in [0.29, 0.717) is 38.2 Å². The second-order valence-corrected chi connectivity index (χ2v) is 8.95. The molecule has 4 rings (SSSR count). The number of aryl methyl sites for hydroxylation is 1. The van der Waals surface area contributed by atoms with Crippen LogP contribution in [-0.2, 0) is 17.9 Å². The maximum absolute atomic E-state index is 12.6. The molecule has 0 saturated carbocycles. The van der Waals surface area contributed by atoms with E-state index in [0.717, 1.165) is 42.5 Å². The molecule has 2 aliphatic heterocycles. The summed E-state index contributed by atoms with van der Waals surface area (Å²) in [6.45, 7) is 5.06. The van der Waals surface area contributed by atoms with Crippen molar-refractivity contribution in [3.63, 3.8) is 0 Å². The van der Waals surface area contributed by atoms with Gasteiger partial charge in [0.1, 0.15) is 0 Å². The highest BCUT2D eigenvalue weighted by Gasteiger charge is 2.24. The number of urea groups is 1. The average Bonchev–Trinajstić information content (AvgIpc) is 3.22. The zero-order valence-corrected chi connectivity index (χ0v) is 19.2. The van der Waals surface area contributed by atoms with E-state index in [4.69, 9.17) is 0 Å². The molecule has 33 heavy (non-hydrogen) atoms. The third kappa shape index (κ3) is 5.92. The van der Waals surface area contributed by atoms with Crippen molar-refractivity contribution in [2.45, 2.75) is 51.7 Å². The van der Waals surface area contributed by atoms with Crippen LogP contribution in [-0.4, -0.2) is 53.3 Å². The van der Waals surface area contributed by atoms with Crippen LogP contribution in [0.25, 0.3) is 0 Å². The number of piperidine rings is 1. The zero-order valence-electron chi connectivity index (χ0n) is 19.2. The zero-order chi connectivity index (χ0) is 23.2. The first-order valence-electron chi connectivity index (χ1n) is 11.7. The van der Waals surface area contributed by atoms with E-state index in [1.807, 2.05) is 59.2 Å². The van der Waals surface area contributed by atoms with Crippen molar-refractivity contribution in [1.82, 2.24) is 20.4 Å². The number of carbonyl (C=O) groups is 3. The SMILES string of the molecule is Cc1ccccc1C(=O)NC1CCN(C(=O)NCc2cccc(CN3CCCC3=O)c2)CC1. The van der Waals surface area contributed by atoms with Crippen LogP contribution in [0.3, 0.4) is 0 Å². The van der Waals surface area contributed by atoms with E-state index in [1.54, 1.807) is 0 Å². The number of nitrogens with one attached hydrogen (secondary N) is 2. The van der Waals surface area contributed by atoms with E-state index in [-0.39, 0.29) is 23.9 Å². The Morgan fingerprint density at radius 2 is 1.76 bits per heavy atom. The van der Waals surface area contributed by atoms with Crippen molar-refractivity contribution < 1.29 is 14.4 Å². The van der Waals surface area contributed by atoms with Gasteiger partial charge in [-0.25, -0.2) is 4.79 Å². The van der Waals surface area contributed by atoms with Crippen molar-refractivity contribution in [2.75, 3.05) is 19.6 Å². The fraction of sp³-hybridized carbons (Fsp3) is 0.423. The molecule has 0 aromatic heterocycles. The quantitative estimate of drug-likeness (QED) is 0.712. The molecular formula is C26H32N4O3. The average molecular weight is 449 g/mol. The van der Waals surface area contributed by atoms with E-state index in [9.17, 15) is 14.4 Å². The monoisotopic (exact) mass is 448 g/mol. The first kappa shape index (κ1) is 22.8.